The molecular formula is C11H19IN2O2. The highest BCUT2D eigenvalue weighted by atomic mass is 127. The van der Waals surface area contributed by atoms with Crippen LogP contribution in [-0.4, -0.2) is 47.2 Å². The highest BCUT2D eigenvalue weighted by Crippen LogP contribution is 2.19. The van der Waals surface area contributed by atoms with Crippen molar-refractivity contribution in [2.45, 2.75) is 35.7 Å². The van der Waals surface area contributed by atoms with Gasteiger partial charge in [-0.2, -0.15) is 0 Å². The van der Waals surface area contributed by atoms with E-state index in [-0.39, 0.29) is 12.2 Å². The topological polar surface area (TPSA) is 41.6 Å². The predicted molar refractivity (Wildman–Crippen MR) is 71.0 cm³/mol. The zero-order valence-corrected chi connectivity index (χ0v) is 11.6. The van der Waals surface area contributed by atoms with Gasteiger partial charge in [0.25, 0.3) is 0 Å². The monoisotopic (exact) mass is 338 g/mol. The number of carbonyl (C=O) groups excluding carboxylic acids is 1. The van der Waals surface area contributed by atoms with Crippen molar-refractivity contribution in [3.8, 4) is 0 Å². The summed E-state index contributed by atoms with van der Waals surface area (Å²) in [6.07, 6.45) is 4.13. The number of alkyl halides is 1. The average molecular weight is 338 g/mol. The second-order valence-electron chi connectivity index (χ2n) is 4.49. The van der Waals surface area contributed by atoms with Crippen LogP contribution in [0.25, 0.3) is 0 Å². The Bertz CT molecular complexity index is 236. The van der Waals surface area contributed by atoms with Crippen molar-refractivity contribution in [2.24, 2.45) is 0 Å². The van der Waals surface area contributed by atoms with E-state index in [1.165, 1.54) is 0 Å². The standard InChI is InChI=1S/C11H19IN2O2/c12-9-3-7-14(8-4-9)11(15)16-10-1-5-13-6-2-10/h9-10,13H,1-8H2. The second-order valence-corrected chi connectivity index (χ2v) is 6.26. The van der Waals surface area contributed by atoms with Crippen LogP contribution >= 0.6 is 22.6 Å². The Kier molecular flexibility index (Phi) is 4.69. The summed E-state index contributed by atoms with van der Waals surface area (Å²) in [6, 6.07) is 0. The number of amides is 1. The molecule has 92 valence electrons. The largest absolute Gasteiger partial charge is 0.446 e. The van der Waals surface area contributed by atoms with E-state index in [4.69, 9.17) is 4.74 Å². The molecule has 1 N–H and O–H groups in total. The van der Waals surface area contributed by atoms with E-state index >= 15 is 0 Å². The Labute approximate surface area is 110 Å². The first kappa shape index (κ1) is 12.4. The molecule has 0 atom stereocenters. The van der Waals surface area contributed by atoms with Crippen LogP contribution < -0.4 is 5.32 Å². The van der Waals surface area contributed by atoms with Gasteiger partial charge in [0.15, 0.2) is 0 Å². The summed E-state index contributed by atoms with van der Waals surface area (Å²) in [5.74, 6) is 0. The fourth-order valence-electron chi connectivity index (χ4n) is 2.16. The number of hydrogen-bond acceptors (Lipinski definition) is 3. The molecule has 2 aliphatic heterocycles. The molecule has 0 aliphatic carbocycles. The van der Waals surface area contributed by atoms with Gasteiger partial charge in [0.05, 0.1) is 0 Å². The number of nitrogens with zero attached hydrogens (tertiary/aromatic N) is 1. The number of hydrogen-bond donors (Lipinski definition) is 1. The first-order valence-corrected chi connectivity index (χ1v) is 7.30. The smallest absolute Gasteiger partial charge is 0.410 e. The summed E-state index contributed by atoms with van der Waals surface area (Å²) in [6.45, 7) is 3.65. The van der Waals surface area contributed by atoms with Gasteiger partial charge >= 0.3 is 6.09 Å². The average Bonchev–Trinajstić information content (AvgIpc) is 2.31. The molecule has 2 rings (SSSR count). The molecule has 0 aromatic rings. The molecule has 4 nitrogen and oxygen atoms in total. The highest BCUT2D eigenvalue weighted by Gasteiger charge is 2.25. The van der Waals surface area contributed by atoms with Gasteiger partial charge in [0, 0.05) is 17.0 Å². The summed E-state index contributed by atoms with van der Waals surface area (Å²) >= 11 is 2.46. The maximum atomic E-state index is 11.9. The van der Waals surface area contributed by atoms with Gasteiger partial charge in [0.1, 0.15) is 6.10 Å². The van der Waals surface area contributed by atoms with E-state index in [1.54, 1.807) is 0 Å². The summed E-state index contributed by atoms with van der Waals surface area (Å²) in [5, 5.41) is 3.27. The van der Waals surface area contributed by atoms with E-state index in [0.717, 1.165) is 55.8 Å². The van der Waals surface area contributed by atoms with Crippen molar-refractivity contribution in [3.63, 3.8) is 0 Å². The molecule has 2 saturated heterocycles. The van der Waals surface area contributed by atoms with Crippen LogP contribution in [-0.2, 0) is 4.74 Å². The SMILES string of the molecule is O=C(OC1CCNCC1)N1CCC(I)CC1. The van der Waals surface area contributed by atoms with Gasteiger partial charge in [-0.15, -0.1) is 0 Å². The quantitative estimate of drug-likeness (QED) is 0.585. The van der Waals surface area contributed by atoms with Gasteiger partial charge in [0.2, 0.25) is 0 Å². The number of likely N-dealkylation sites (tertiary alicyclic amines) is 1. The van der Waals surface area contributed by atoms with Crippen LogP contribution in [0.15, 0.2) is 0 Å². The third-order valence-corrected chi connectivity index (χ3v) is 4.48. The molecule has 0 spiro atoms. The Morgan fingerprint density at radius 1 is 1.19 bits per heavy atom. The number of carbonyl (C=O) groups is 1. The van der Waals surface area contributed by atoms with Crippen molar-refractivity contribution >= 4 is 28.7 Å². The van der Waals surface area contributed by atoms with Crippen LogP contribution in [0.4, 0.5) is 4.79 Å². The van der Waals surface area contributed by atoms with Crippen molar-refractivity contribution in [3.05, 3.63) is 0 Å². The molecule has 16 heavy (non-hydrogen) atoms. The Morgan fingerprint density at radius 2 is 1.81 bits per heavy atom. The van der Waals surface area contributed by atoms with Crippen molar-refractivity contribution < 1.29 is 9.53 Å². The first-order valence-electron chi connectivity index (χ1n) is 6.06. The summed E-state index contributed by atoms with van der Waals surface area (Å²) in [7, 11) is 0. The highest BCUT2D eigenvalue weighted by molar-refractivity contribution is 14.1. The first-order chi connectivity index (χ1) is 7.75. The number of rotatable bonds is 1. The lowest BCUT2D eigenvalue weighted by atomic mass is 10.1. The predicted octanol–water partition coefficient (Wildman–Crippen LogP) is 1.77. The van der Waals surface area contributed by atoms with Crippen LogP contribution in [0.2, 0.25) is 0 Å². The molecule has 2 fully saturated rings. The number of nitrogens with one attached hydrogen (secondary N) is 1. The summed E-state index contributed by atoms with van der Waals surface area (Å²) in [5.41, 5.74) is 0. The van der Waals surface area contributed by atoms with Gasteiger partial charge in [-0.25, -0.2) is 4.79 Å². The Hall–Kier alpha value is -0.0400. The third-order valence-electron chi connectivity index (χ3n) is 3.24. The molecule has 0 saturated carbocycles. The lowest BCUT2D eigenvalue weighted by Gasteiger charge is -2.31. The zero-order valence-electron chi connectivity index (χ0n) is 9.45. The van der Waals surface area contributed by atoms with Crippen LogP contribution in [0.3, 0.4) is 0 Å². The van der Waals surface area contributed by atoms with E-state index in [0.29, 0.717) is 0 Å². The van der Waals surface area contributed by atoms with E-state index < -0.39 is 0 Å². The number of ether oxygens (including phenoxy) is 1. The van der Waals surface area contributed by atoms with Gasteiger partial charge < -0.3 is 15.0 Å². The zero-order chi connectivity index (χ0) is 11.4. The molecule has 2 aliphatic rings. The second kappa shape index (κ2) is 6.05. The van der Waals surface area contributed by atoms with Gasteiger partial charge in [-0.3, -0.25) is 0 Å². The fraction of sp³-hybridized carbons (Fsp3) is 0.909. The Balaban J connectivity index is 1.74. The van der Waals surface area contributed by atoms with E-state index in [9.17, 15) is 4.79 Å². The minimum atomic E-state index is -0.102. The van der Waals surface area contributed by atoms with E-state index in [2.05, 4.69) is 27.9 Å². The van der Waals surface area contributed by atoms with Crippen molar-refractivity contribution in [1.82, 2.24) is 10.2 Å². The lowest BCUT2D eigenvalue weighted by Crippen LogP contribution is -2.42. The van der Waals surface area contributed by atoms with Crippen molar-refractivity contribution in [1.29, 1.82) is 0 Å². The fourth-order valence-corrected chi connectivity index (χ4v) is 2.72. The molecule has 0 aromatic heterocycles. The molecule has 2 heterocycles. The van der Waals surface area contributed by atoms with Gasteiger partial charge in [-0.1, -0.05) is 22.6 Å². The minimum absolute atomic E-state index is 0.102. The maximum absolute atomic E-state index is 11.9. The Morgan fingerprint density at radius 3 is 2.44 bits per heavy atom. The van der Waals surface area contributed by atoms with Crippen LogP contribution in [0, 0.1) is 0 Å². The maximum Gasteiger partial charge on any atom is 0.410 e. The van der Waals surface area contributed by atoms with Gasteiger partial charge in [-0.05, 0) is 38.8 Å². The molecule has 5 heteroatoms. The summed E-state index contributed by atoms with van der Waals surface area (Å²) < 4.78 is 6.23. The van der Waals surface area contributed by atoms with E-state index in [1.807, 2.05) is 4.90 Å². The normalized spacial score (nSPS) is 24.4. The van der Waals surface area contributed by atoms with Crippen molar-refractivity contribution in [2.75, 3.05) is 26.2 Å². The molecular weight excluding hydrogens is 319 g/mol. The lowest BCUT2D eigenvalue weighted by molar-refractivity contribution is 0.0455. The number of halogens is 1. The molecule has 1 amide bonds. The minimum Gasteiger partial charge on any atom is -0.446 e. The molecule has 0 aromatic carbocycles. The molecule has 0 unspecified atom stereocenters. The number of piperidine rings is 2. The summed E-state index contributed by atoms with van der Waals surface area (Å²) in [4.78, 5) is 13.7. The van der Waals surface area contributed by atoms with Crippen LogP contribution in [0.5, 0.6) is 0 Å². The third kappa shape index (κ3) is 3.48. The van der Waals surface area contributed by atoms with Crippen LogP contribution in [0.1, 0.15) is 25.7 Å². The molecule has 0 radical (unpaired) electrons. The molecule has 0 bridgehead atoms.